The largest absolute Gasteiger partial charge is 0.493 e. The molecule has 1 atom stereocenters. The number of aromatic nitrogens is 2. The summed E-state index contributed by atoms with van der Waals surface area (Å²) in [4.78, 5) is 8.17. The standard InChI is InChI=1S/C29H40N4O4/c1-18-13-19(2)26(20(3)14-18)33-12-10-11-22-27(31(4)30-29(22)33)23(32(5)37-9)15-21-16-24(34-6)28(36-8)25(17-21)35-7/h13-14,16-17,23H,10-12,15H2,1-9H3. The Balaban J connectivity index is 1.80. The third-order valence-corrected chi connectivity index (χ3v) is 7.34. The van der Waals surface area contributed by atoms with Crippen LogP contribution in [-0.2, 0) is 24.7 Å². The van der Waals surface area contributed by atoms with E-state index in [1.165, 1.54) is 27.9 Å². The molecule has 200 valence electrons. The van der Waals surface area contributed by atoms with Gasteiger partial charge in [-0.3, -0.25) is 4.68 Å². The maximum atomic E-state index is 5.77. The number of nitrogens with zero attached hydrogens (tertiary/aromatic N) is 4. The fourth-order valence-electron chi connectivity index (χ4n) is 5.78. The normalized spacial score (nSPS) is 14.1. The summed E-state index contributed by atoms with van der Waals surface area (Å²) >= 11 is 0. The zero-order valence-electron chi connectivity index (χ0n) is 23.6. The first kappa shape index (κ1) is 26.8. The Morgan fingerprint density at radius 2 is 1.57 bits per heavy atom. The van der Waals surface area contributed by atoms with Crippen LogP contribution < -0.4 is 19.1 Å². The molecule has 0 spiro atoms. The third kappa shape index (κ3) is 5.00. The number of aryl methyl sites for hydroxylation is 4. The maximum Gasteiger partial charge on any atom is 0.203 e. The highest BCUT2D eigenvalue weighted by Gasteiger charge is 2.33. The van der Waals surface area contributed by atoms with Crippen molar-refractivity contribution in [3.05, 3.63) is 57.8 Å². The van der Waals surface area contributed by atoms with Crippen LogP contribution in [0, 0.1) is 20.8 Å². The van der Waals surface area contributed by atoms with Crippen LogP contribution in [-0.4, -0.2) is 56.9 Å². The fourth-order valence-corrected chi connectivity index (χ4v) is 5.78. The molecule has 1 aromatic heterocycles. The summed E-state index contributed by atoms with van der Waals surface area (Å²) in [5.74, 6) is 2.90. The Labute approximate surface area is 220 Å². The van der Waals surface area contributed by atoms with E-state index in [0.717, 1.165) is 36.5 Å². The van der Waals surface area contributed by atoms with E-state index < -0.39 is 0 Å². The van der Waals surface area contributed by atoms with Gasteiger partial charge in [0.1, 0.15) is 0 Å². The van der Waals surface area contributed by atoms with Gasteiger partial charge < -0.3 is 23.9 Å². The Morgan fingerprint density at radius 1 is 0.946 bits per heavy atom. The van der Waals surface area contributed by atoms with Crippen molar-refractivity contribution < 1.29 is 19.0 Å². The summed E-state index contributed by atoms with van der Waals surface area (Å²) in [5.41, 5.74) is 8.58. The predicted octanol–water partition coefficient (Wildman–Crippen LogP) is 5.23. The summed E-state index contributed by atoms with van der Waals surface area (Å²) in [6.45, 7) is 7.49. The van der Waals surface area contributed by atoms with Gasteiger partial charge in [0.05, 0.1) is 40.2 Å². The summed E-state index contributed by atoms with van der Waals surface area (Å²) in [6, 6.07) is 8.45. The zero-order chi connectivity index (χ0) is 26.9. The molecule has 2 aromatic carbocycles. The van der Waals surface area contributed by atoms with E-state index in [0.29, 0.717) is 23.7 Å². The Hall–Kier alpha value is -3.23. The lowest BCUT2D eigenvalue weighted by molar-refractivity contribution is -0.144. The molecule has 0 fully saturated rings. The smallest absolute Gasteiger partial charge is 0.203 e. The minimum absolute atomic E-state index is 0.0748. The van der Waals surface area contributed by atoms with Crippen molar-refractivity contribution in [1.82, 2.24) is 14.8 Å². The topological polar surface area (TPSA) is 61.2 Å². The van der Waals surface area contributed by atoms with Crippen LogP contribution in [0.4, 0.5) is 11.5 Å². The number of likely N-dealkylation sites (N-methyl/N-ethyl adjacent to an activating group) is 1. The van der Waals surface area contributed by atoms with Crippen LogP contribution >= 0.6 is 0 Å². The molecule has 1 aliphatic rings. The van der Waals surface area contributed by atoms with Crippen LogP contribution in [0.25, 0.3) is 0 Å². The molecule has 0 aliphatic carbocycles. The molecule has 1 unspecified atom stereocenters. The van der Waals surface area contributed by atoms with Crippen LogP contribution in [0.1, 0.15) is 46.0 Å². The van der Waals surface area contributed by atoms with Gasteiger partial charge in [0, 0.05) is 31.9 Å². The summed E-state index contributed by atoms with van der Waals surface area (Å²) in [5, 5.41) is 6.98. The maximum absolute atomic E-state index is 5.77. The van der Waals surface area contributed by atoms with Crippen molar-refractivity contribution in [3.63, 3.8) is 0 Å². The second kappa shape index (κ2) is 11.0. The number of fused-ring (bicyclic) bond motifs is 1. The van der Waals surface area contributed by atoms with Crippen molar-refractivity contribution in [2.75, 3.05) is 46.9 Å². The van der Waals surface area contributed by atoms with E-state index in [1.54, 1.807) is 28.4 Å². The first-order valence-corrected chi connectivity index (χ1v) is 12.7. The molecule has 0 bridgehead atoms. The molecular weight excluding hydrogens is 468 g/mol. The van der Waals surface area contributed by atoms with Gasteiger partial charge in [-0.25, -0.2) is 0 Å². The quantitative estimate of drug-likeness (QED) is 0.367. The lowest BCUT2D eigenvalue weighted by Crippen LogP contribution is -2.29. The number of hydrogen-bond donors (Lipinski definition) is 0. The summed E-state index contributed by atoms with van der Waals surface area (Å²) in [6.07, 6.45) is 2.71. The molecule has 4 rings (SSSR count). The Morgan fingerprint density at radius 3 is 2.11 bits per heavy atom. The van der Waals surface area contributed by atoms with E-state index in [2.05, 4.69) is 37.8 Å². The zero-order valence-corrected chi connectivity index (χ0v) is 23.6. The highest BCUT2D eigenvalue weighted by molar-refractivity contribution is 5.71. The van der Waals surface area contributed by atoms with Gasteiger partial charge in [-0.15, -0.1) is 0 Å². The third-order valence-electron chi connectivity index (χ3n) is 7.34. The number of rotatable bonds is 9. The lowest BCUT2D eigenvalue weighted by Gasteiger charge is -2.32. The van der Waals surface area contributed by atoms with Crippen LogP contribution in [0.2, 0.25) is 0 Å². The van der Waals surface area contributed by atoms with Gasteiger partial charge in [0.2, 0.25) is 5.75 Å². The SMILES string of the molecule is COc1cc(CC(c2c3c(nn2C)N(c2c(C)cc(C)cc2C)CCC3)N(C)OC)cc(OC)c1OC. The van der Waals surface area contributed by atoms with Crippen LogP contribution in [0.15, 0.2) is 24.3 Å². The number of hydroxylamine groups is 2. The number of anilines is 2. The molecule has 2 heterocycles. The van der Waals surface area contributed by atoms with E-state index in [4.69, 9.17) is 24.1 Å². The highest BCUT2D eigenvalue weighted by Crippen LogP contribution is 2.43. The molecule has 3 aromatic rings. The molecule has 1 aliphatic heterocycles. The van der Waals surface area contributed by atoms with E-state index in [9.17, 15) is 0 Å². The first-order valence-electron chi connectivity index (χ1n) is 12.7. The van der Waals surface area contributed by atoms with E-state index in [-0.39, 0.29) is 6.04 Å². The number of methoxy groups -OCH3 is 3. The van der Waals surface area contributed by atoms with Crippen LogP contribution in [0.5, 0.6) is 17.2 Å². The molecule has 0 saturated carbocycles. The molecule has 0 N–H and O–H groups in total. The van der Waals surface area contributed by atoms with Crippen LogP contribution in [0.3, 0.4) is 0 Å². The second-order valence-electron chi connectivity index (χ2n) is 9.80. The van der Waals surface area contributed by atoms with Gasteiger partial charge in [-0.1, -0.05) is 17.7 Å². The minimum Gasteiger partial charge on any atom is -0.493 e. The van der Waals surface area contributed by atoms with Gasteiger partial charge >= 0.3 is 0 Å². The second-order valence-corrected chi connectivity index (χ2v) is 9.80. The van der Waals surface area contributed by atoms with Crippen molar-refractivity contribution in [1.29, 1.82) is 0 Å². The van der Waals surface area contributed by atoms with Gasteiger partial charge in [0.25, 0.3) is 0 Å². The average molecular weight is 509 g/mol. The first-order chi connectivity index (χ1) is 17.7. The van der Waals surface area contributed by atoms with E-state index >= 15 is 0 Å². The Bertz CT molecular complexity index is 1220. The fraction of sp³-hybridized carbons (Fsp3) is 0.483. The summed E-state index contributed by atoms with van der Waals surface area (Å²) < 4.78 is 18.8. The molecule has 8 heteroatoms. The number of ether oxygens (including phenoxy) is 3. The molecule has 0 saturated heterocycles. The molecular formula is C29H40N4O4. The average Bonchev–Trinajstić information content (AvgIpc) is 3.21. The van der Waals surface area contributed by atoms with Gasteiger partial charge in [-0.2, -0.15) is 10.2 Å². The molecule has 8 nitrogen and oxygen atoms in total. The van der Waals surface area contributed by atoms with Gasteiger partial charge in [-0.05, 0) is 68.9 Å². The monoisotopic (exact) mass is 508 g/mol. The number of hydrogen-bond acceptors (Lipinski definition) is 7. The van der Waals surface area contributed by atoms with E-state index in [1.807, 2.05) is 36.0 Å². The summed E-state index contributed by atoms with van der Waals surface area (Å²) in [7, 11) is 10.6. The van der Waals surface area contributed by atoms with Gasteiger partial charge in [0.15, 0.2) is 17.3 Å². The molecule has 37 heavy (non-hydrogen) atoms. The van der Waals surface area contributed by atoms with Crippen molar-refractivity contribution >= 4 is 11.5 Å². The number of benzene rings is 2. The van der Waals surface area contributed by atoms with Crippen molar-refractivity contribution in [2.24, 2.45) is 7.05 Å². The highest BCUT2D eigenvalue weighted by atomic mass is 16.7. The molecule has 0 radical (unpaired) electrons. The Kier molecular flexibility index (Phi) is 7.99. The lowest BCUT2D eigenvalue weighted by atomic mass is 9.94. The molecule has 0 amide bonds. The van der Waals surface area contributed by atoms with Crippen molar-refractivity contribution in [3.8, 4) is 17.2 Å². The predicted molar refractivity (Wildman–Crippen MR) is 147 cm³/mol. The van der Waals surface area contributed by atoms with Crippen molar-refractivity contribution in [2.45, 2.75) is 46.1 Å². The minimum atomic E-state index is -0.0748.